The minimum absolute atomic E-state index is 0.0609. The van der Waals surface area contributed by atoms with Gasteiger partial charge in [-0.1, -0.05) is 36.0 Å². The average Bonchev–Trinajstić information content (AvgIpc) is 3.09. The number of carbonyl (C=O) groups is 1. The van der Waals surface area contributed by atoms with Gasteiger partial charge in [0.2, 0.25) is 5.91 Å². The highest BCUT2D eigenvalue weighted by Gasteiger charge is 2.51. The third-order valence-corrected chi connectivity index (χ3v) is 8.58. The van der Waals surface area contributed by atoms with Crippen molar-refractivity contribution < 1.29 is 4.79 Å². The summed E-state index contributed by atoms with van der Waals surface area (Å²) in [6, 6.07) is 8.25. The number of hydrogen-bond acceptors (Lipinski definition) is 4. The minimum atomic E-state index is -0.183. The van der Waals surface area contributed by atoms with Crippen molar-refractivity contribution in [3.63, 3.8) is 0 Å². The highest BCUT2D eigenvalue weighted by molar-refractivity contribution is 8.00. The van der Waals surface area contributed by atoms with Crippen LogP contribution in [-0.4, -0.2) is 31.5 Å². The zero-order valence-corrected chi connectivity index (χ0v) is 19.0. The van der Waals surface area contributed by atoms with Gasteiger partial charge in [-0.2, -0.15) is 0 Å². The Morgan fingerprint density at radius 1 is 1.17 bits per heavy atom. The van der Waals surface area contributed by atoms with Gasteiger partial charge in [-0.15, -0.1) is 10.2 Å². The van der Waals surface area contributed by atoms with Crippen molar-refractivity contribution in [2.24, 2.45) is 17.8 Å². The summed E-state index contributed by atoms with van der Waals surface area (Å²) in [7, 11) is 0. The molecular formula is C24H32N4OS. The fraction of sp³-hybridized carbons (Fsp3) is 0.625. The summed E-state index contributed by atoms with van der Waals surface area (Å²) in [5.74, 6) is 3.54. The molecule has 0 spiro atoms. The Labute approximate surface area is 183 Å². The molecule has 2 aromatic rings. The lowest BCUT2D eigenvalue weighted by atomic mass is 9.53. The number of carbonyl (C=O) groups excluding carboxylic acids is 1. The van der Waals surface area contributed by atoms with Crippen LogP contribution in [0, 0.1) is 24.7 Å². The molecule has 6 heteroatoms. The third-order valence-electron chi connectivity index (χ3n) is 7.50. The minimum Gasteiger partial charge on any atom is -0.350 e. The van der Waals surface area contributed by atoms with Gasteiger partial charge < -0.3 is 9.88 Å². The fourth-order valence-corrected chi connectivity index (χ4v) is 7.44. The van der Waals surface area contributed by atoms with Gasteiger partial charge in [-0.3, -0.25) is 4.79 Å². The van der Waals surface area contributed by atoms with E-state index < -0.39 is 0 Å². The van der Waals surface area contributed by atoms with Gasteiger partial charge in [-0.05, 0) is 82.6 Å². The van der Waals surface area contributed by atoms with Gasteiger partial charge in [0.25, 0.3) is 0 Å². The molecule has 5 nitrogen and oxygen atoms in total. The van der Waals surface area contributed by atoms with E-state index in [4.69, 9.17) is 0 Å². The predicted molar refractivity (Wildman–Crippen MR) is 120 cm³/mol. The summed E-state index contributed by atoms with van der Waals surface area (Å²) in [6.07, 6.45) is 7.72. The number of hydrogen-bond donors (Lipinski definition) is 1. The highest BCUT2D eigenvalue weighted by atomic mass is 32.2. The first-order valence-electron chi connectivity index (χ1n) is 11.4. The van der Waals surface area contributed by atoms with Crippen LogP contribution < -0.4 is 5.32 Å². The topological polar surface area (TPSA) is 59.8 Å². The first-order valence-corrected chi connectivity index (χ1v) is 12.3. The van der Waals surface area contributed by atoms with E-state index in [2.05, 4.69) is 46.1 Å². The molecule has 30 heavy (non-hydrogen) atoms. The van der Waals surface area contributed by atoms with Gasteiger partial charge in [-0.25, -0.2) is 0 Å². The second-order valence-corrected chi connectivity index (χ2v) is 11.1. The van der Waals surface area contributed by atoms with Crippen LogP contribution in [-0.2, 0) is 11.3 Å². The van der Waals surface area contributed by atoms with Crippen LogP contribution in [0.4, 0.5) is 0 Å². The highest BCUT2D eigenvalue weighted by Crippen LogP contribution is 2.55. The van der Waals surface area contributed by atoms with E-state index in [-0.39, 0.29) is 16.7 Å². The Morgan fingerprint density at radius 2 is 1.80 bits per heavy atom. The molecule has 0 unspecified atom stereocenters. The van der Waals surface area contributed by atoms with E-state index in [1.807, 2.05) is 19.1 Å². The van der Waals surface area contributed by atoms with Crippen molar-refractivity contribution >= 4 is 17.7 Å². The molecular weight excluding hydrogens is 392 g/mol. The Hall–Kier alpha value is -1.82. The van der Waals surface area contributed by atoms with Crippen LogP contribution in [0.1, 0.15) is 57.9 Å². The SMILES string of the molecule is CCn1c(S[C@H](C)C(=O)NC23CC4CC(CC(C4)C2)C3)nnc1-c1ccccc1C. The summed E-state index contributed by atoms with van der Waals surface area (Å²) in [6.45, 7) is 6.98. The van der Waals surface area contributed by atoms with Gasteiger partial charge in [0.05, 0.1) is 5.25 Å². The monoisotopic (exact) mass is 424 g/mol. The van der Waals surface area contributed by atoms with Crippen LogP contribution in [0.25, 0.3) is 11.4 Å². The fourth-order valence-electron chi connectivity index (χ4n) is 6.52. The summed E-state index contributed by atoms with van der Waals surface area (Å²) in [4.78, 5) is 13.2. The standard InChI is InChI=1S/C24H32N4OS/c1-4-28-21(20-8-6-5-7-15(20)2)26-27-23(28)30-16(3)22(29)25-24-12-17-9-18(13-24)11-19(10-17)14-24/h5-8,16-19H,4,9-14H2,1-3H3,(H,25,29)/t16-,17?,18?,19?,24?/m1/s1. The molecule has 4 aliphatic carbocycles. The third kappa shape index (κ3) is 3.57. The van der Waals surface area contributed by atoms with E-state index in [0.717, 1.165) is 40.8 Å². The van der Waals surface area contributed by atoms with Crippen molar-refractivity contribution in [1.82, 2.24) is 20.1 Å². The van der Waals surface area contributed by atoms with Crippen LogP contribution in [0.15, 0.2) is 29.4 Å². The summed E-state index contributed by atoms with van der Waals surface area (Å²) in [5, 5.41) is 13.1. The number of amides is 1. The van der Waals surface area contributed by atoms with Crippen molar-refractivity contribution in [2.45, 2.75) is 81.8 Å². The number of thioether (sulfide) groups is 1. The zero-order chi connectivity index (χ0) is 20.9. The molecule has 1 amide bonds. The van der Waals surface area contributed by atoms with Crippen molar-refractivity contribution in [3.05, 3.63) is 29.8 Å². The molecule has 6 rings (SSSR count). The van der Waals surface area contributed by atoms with E-state index in [1.54, 1.807) is 0 Å². The Bertz CT molecular complexity index is 917. The lowest BCUT2D eigenvalue weighted by molar-refractivity contribution is -0.126. The number of rotatable bonds is 6. The van der Waals surface area contributed by atoms with E-state index >= 15 is 0 Å². The van der Waals surface area contributed by atoms with E-state index in [9.17, 15) is 4.79 Å². The van der Waals surface area contributed by atoms with Crippen molar-refractivity contribution in [2.75, 3.05) is 0 Å². The Morgan fingerprint density at radius 3 is 2.40 bits per heavy atom. The average molecular weight is 425 g/mol. The summed E-state index contributed by atoms with van der Waals surface area (Å²) >= 11 is 1.53. The van der Waals surface area contributed by atoms with Crippen molar-refractivity contribution in [3.8, 4) is 11.4 Å². The molecule has 4 fully saturated rings. The molecule has 1 atom stereocenters. The van der Waals surface area contributed by atoms with Gasteiger partial charge in [0.15, 0.2) is 11.0 Å². The second kappa shape index (κ2) is 7.70. The summed E-state index contributed by atoms with van der Waals surface area (Å²) in [5.41, 5.74) is 2.35. The van der Waals surface area contributed by atoms with Crippen LogP contribution in [0.2, 0.25) is 0 Å². The molecule has 160 valence electrons. The number of aromatic nitrogens is 3. The number of aryl methyl sites for hydroxylation is 1. The first-order chi connectivity index (χ1) is 14.5. The molecule has 1 N–H and O–H groups in total. The van der Waals surface area contributed by atoms with Crippen molar-refractivity contribution in [1.29, 1.82) is 0 Å². The molecule has 4 aliphatic rings. The van der Waals surface area contributed by atoms with E-state index in [1.165, 1.54) is 55.9 Å². The molecule has 0 aliphatic heterocycles. The first kappa shape index (κ1) is 20.1. The van der Waals surface area contributed by atoms with Crippen LogP contribution in [0.5, 0.6) is 0 Å². The zero-order valence-electron chi connectivity index (χ0n) is 18.2. The quantitative estimate of drug-likeness (QED) is 0.674. The molecule has 1 aromatic carbocycles. The molecule has 0 saturated heterocycles. The molecule has 1 aromatic heterocycles. The molecule has 4 bridgehead atoms. The maximum atomic E-state index is 13.2. The largest absolute Gasteiger partial charge is 0.350 e. The smallest absolute Gasteiger partial charge is 0.233 e. The number of nitrogens with one attached hydrogen (secondary N) is 1. The Kier molecular flexibility index (Phi) is 5.16. The van der Waals surface area contributed by atoms with Gasteiger partial charge in [0, 0.05) is 17.6 Å². The molecule has 4 saturated carbocycles. The predicted octanol–water partition coefficient (Wildman–Crippen LogP) is 4.84. The lowest BCUT2D eigenvalue weighted by Gasteiger charge is -2.57. The number of benzene rings is 1. The lowest BCUT2D eigenvalue weighted by Crippen LogP contribution is -2.60. The van der Waals surface area contributed by atoms with E-state index in [0.29, 0.717) is 0 Å². The van der Waals surface area contributed by atoms with Gasteiger partial charge >= 0.3 is 0 Å². The maximum Gasteiger partial charge on any atom is 0.233 e. The molecule has 0 radical (unpaired) electrons. The maximum absolute atomic E-state index is 13.2. The second-order valence-electron chi connectivity index (χ2n) is 9.81. The van der Waals surface area contributed by atoms with Crippen LogP contribution in [0.3, 0.4) is 0 Å². The normalized spacial score (nSPS) is 30.4. The Balaban J connectivity index is 1.30. The van der Waals surface area contributed by atoms with Gasteiger partial charge in [0.1, 0.15) is 0 Å². The number of nitrogens with zero attached hydrogens (tertiary/aromatic N) is 3. The summed E-state index contributed by atoms with van der Waals surface area (Å²) < 4.78 is 2.13. The van der Waals surface area contributed by atoms with Crippen LogP contribution >= 0.6 is 11.8 Å². The molecule has 1 heterocycles.